The average molecular weight is 273 g/mol. The Morgan fingerprint density at radius 1 is 1.32 bits per heavy atom. The number of carbonyl (C=O) groups excluding carboxylic acids is 2. The Hall–Kier alpha value is -1.89. The molecule has 0 fully saturated rings. The maximum absolute atomic E-state index is 12.4. The van der Waals surface area contributed by atoms with E-state index >= 15 is 0 Å². The van der Waals surface area contributed by atoms with E-state index in [-0.39, 0.29) is 12.0 Å². The van der Waals surface area contributed by atoms with Crippen molar-refractivity contribution in [3.05, 3.63) is 34.9 Å². The van der Waals surface area contributed by atoms with Crippen LogP contribution in [-0.2, 0) is 11.2 Å². The zero-order chi connectivity index (χ0) is 14.4. The van der Waals surface area contributed by atoms with E-state index in [0.29, 0.717) is 5.56 Å². The van der Waals surface area contributed by atoms with E-state index in [0.717, 1.165) is 17.0 Å². The van der Waals surface area contributed by atoms with Gasteiger partial charge in [0.2, 0.25) is 5.91 Å². The number of alkyl halides is 3. The number of amides is 2. The van der Waals surface area contributed by atoms with Crippen LogP contribution in [0.5, 0.6) is 0 Å². The molecule has 0 aromatic heterocycles. The van der Waals surface area contributed by atoms with Gasteiger partial charge in [0, 0.05) is 12.6 Å². The number of halogens is 3. The van der Waals surface area contributed by atoms with E-state index in [4.69, 9.17) is 5.11 Å². The van der Waals surface area contributed by atoms with Gasteiger partial charge in [0.1, 0.15) is 0 Å². The highest BCUT2D eigenvalue weighted by molar-refractivity contribution is 6.09. The molecule has 1 N–H and O–H groups in total. The van der Waals surface area contributed by atoms with Gasteiger partial charge in [-0.2, -0.15) is 13.2 Å². The number of fused-ring (bicyclic) bond motifs is 1. The molecule has 1 atom stereocenters. The van der Waals surface area contributed by atoms with Crippen molar-refractivity contribution in [3.8, 4) is 0 Å². The predicted molar refractivity (Wildman–Crippen MR) is 58.3 cm³/mol. The number of benzene rings is 1. The Morgan fingerprint density at radius 2 is 1.95 bits per heavy atom. The Labute approximate surface area is 106 Å². The van der Waals surface area contributed by atoms with Crippen LogP contribution in [0.1, 0.15) is 27.6 Å². The van der Waals surface area contributed by atoms with E-state index in [2.05, 4.69) is 0 Å². The fourth-order valence-electron chi connectivity index (χ4n) is 1.88. The molecular formula is C12H10F3NO3. The largest absolute Gasteiger partial charge is 0.418 e. The molecule has 1 heterocycles. The standard InChI is InChI=1S/C12H10F3NO3/c1-16-9(17)5-6-2-3-7(4-8(6)11(16)19)10(18)12(13,14)15/h2-4,10,18H,5H2,1H3. The lowest BCUT2D eigenvalue weighted by atomic mass is 9.95. The fourth-order valence-corrected chi connectivity index (χ4v) is 1.88. The molecule has 102 valence electrons. The molecule has 0 saturated heterocycles. The van der Waals surface area contributed by atoms with Crippen LogP contribution in [0.25, 0.3) is 0 Å². The van der Waals surface area contributed by atoms with Crippen LogP contribution in [0.2, 0.25) is 0 Å². The highest BCUT2D eigenvalue weighted by atomic mass is 19.4. The third-order valence-corrected chi connectivity index (χ3v) is 3.01. The molecule has 1 aliphatic heterocycles. The van der Waals surface area contributed by atoms with Crippen molar-refractivity contribution in [1.29, 1.82) is 0 Å². The van der Waals surface area contributed by atoms with Gasteiger partial charge in [0.15, 0.2) is 6.10 Å². The summed E-state index contributed by atoms with van der Waals surface area (Å²) in [5.41, 5.74) is -0.0310. The molecule has 0 spiro atoms. The van der Waals surface area contributed by atoms with Crippen molar-refractivity contribution < 1.29 is 27.9 Å². The molecule has 4 nitrogen and oxygen atoms in total. The van der Waals surface area contributed by atoms with Crippen molar-refractivity contribution in [1.82, 2.24) is 4.90 Å². The molecule has 0 radical (unpaired) electrons. The first-order chi connectivity index (χ1) is 8.71. The summed E-state index contributed by atoms with van der Waals surface area (Å²) in [6.45, 7) is 0. The highest BCUT2D eigenvalue weighted by Gasteiger charge is 2.40. The lowest BCUT2D eigenvalue weighted by Crippen LogP contribution is -2.39. The summed E-state index contributed by atoms with van der Waals surface area (Å²) >= 11 is 0. The third kappa shape index (κ3) is 2.33. The summed E-state index contributed by atoms with van der Waals surface area (Å²) in [5.74, 6) is -1.08. The number of imide groups is 1. The number of nitrogens with zero attached hydrogens (tertiary/aromatic N) is 1. The predicted octanol–water partition coefficient (Wildman–Crippen LogP) is 1.44. The molecule has 1 aliphatic rings. The lowest BCUT2D eigenvalue weighted by molar-refractivity contribution is -0.206. The van der Waals surface area contributed by atoms with Gasteiger partial charge in [-0.25, -0.2) is 0 Å². The van der Waals surface area contributed by atoms with Gasteiger partial charge in [-0.15, -0.1) is 0 Å². The summed E-state index contributed by atoms with van der Waals surface area (Å²) < 4.78 is 37.2. The molecular weight excluding hydrogens is 263 g/mol. The second-order valence-electron chi connectivity index (χ2n) is 4.30. The SMILES string of the molecule is CN1C(=O)Cc2ccc(C(O)C(F)(F)F)cc2C1=O. The number of hydrogen-bond acceptors (Lipinski definition) is 3. The monoisotopic (exact) mass is 273 g/mol. The van der Waals surface area contributed by atoms with Crippen molar-refractivity contribution in [2.45, 2.75) is 18.7 Å². The summed E-state index contributed by atoms with van der Waals surface area (Å²) in [4.78, 5) is 24.1. The smallest absolute Gasteiger partial charge is 0.379 e. The van der Waals surface area contributed by atoms with E-state index in [1.54, 1.807) is 0 Å². The van der Waals surface area contributed by atoms with Crippen molar-refractivity contribution in [2.75, 3.05) is 7.05 Å². The first-order valence-electron chi connectivity index (χ1n) is 5.40. The van der Waals surface area contributed by atoms with Gasteiger partial charge >= 0.3 is 6.18 Å². The molecule has 1 aromatic rings. The van der Waals surface area contributed by atoms with Crippen molar-refractivity contribution in [2.24, 2.45) is 0 Å². The number of likely N-dealkylation sites (N-methyl/N-ethyl adjacent to an activating group) is 1. The van der Waals surface area contributed by atoms with Crippen LogP contribution in [0, 0.1) is 0 Å². The minimum atomic E-state index is -4.80. The molecule has 19 heavy (non-hydrogen) atoms. The van der Waals surface area contributed by atoms with Crippen LogP contribution < -0.4 is 0 Å². The van der Waals surface area contributed by atoms with Gasteiger partial charge < -0.3 is 5.11 Å². The number of aliphatic hydroxyl groups excluding tert-OH is 1. The van der Waals surface area contributed by atoms with Crippen molar-refractivity contribution >= 4 is 11.8 Å². The first-order valence-corrected chi connectivity index (χ1v) is 5.40. The second-order valence-corrected chi connectivity index (χ2v) is 4.30. The van der Waals surface area contributed by atoms with E-state index in [1.807, 2.05) is 0 Å². The molecule has 0 saturated carbocycles. The Kier molecular flexibility index (Phi) is 3.09. The van der Waals surface area contributed by atoms with Gasteiger partial charge in [0.25, 0.3) is 5.91 Å². The molecule has 1 aromatic carbocycles. The summed E-state index contributed by atoms with van der Waals surface area (Å²) in [6, 6.07) is 3.32. The number of aliphatic hydroxyl groups is 1. The van der Waals surface area contributed by atoms with Gasteiger partial charge in [0.05, 0.1) is 6.42 Å². The van der Waals surface area contributed by atoms with E-state index in [9.17, 15) is 22.8 Å². The van der Waals surface area contributed by atoms with E-state index < -0.39 is 29.7 Å². The summed E-state index contributed by atoms with van der Waals surface area (Å²) in [6.07, 6.45) is -7.48. The molecule has 2 rings (SSSR count). The summed E-state index contributed by atoms with van der Waals surface area (Å²) in [5, 5.41) is 9.15. The third-order valence-electron chi connectivity index (χ3n) is 3.01. The topological polar surface area (TPSA) is 57.6 Å². The molecule has 2 amide bonds. The van der Waals surface area contributed by atoms with Crippen LogP contribution >= 0.6 is 0 Å². The molecule has 0 aliphatic carbocycles. The quantitative estimate of drug-likeness (QED) is 0.788. The normalized spacial score (nSPS) is 17.4. The Bertz CT molecular complexity index is 554. The van der Waals surface area contributed by atoms with Crippen molar-refractivity contribution in [3.63, 3.8) is 0 Å². The molecule has 1 unspecified atom stereocenters. The number of rotatable bonds is 1. The number of carbonyl (C=O) groups is 2. The lowest BCUT2D eigenvalue weighted by Gasteiger charge is -2.24. The maximum Gasteiger partial charge on any atom is 0.418 e. The second kappa shape index (κ2) is 4.34. The van der Waals surface area contributed by atoms with Crippen LogP contribution in [0.15, 0.2) is 18.2 Å². The van der Waals surface area contributed by atoms with Gasteiger partial charge in [-0.05, 0) is 17.2 Å². The minimum absolute atomic E-state index is 0.0166. The highest BCUT2D eigenvalue weighted by Crippen LogP contribution is 2.34. The zero-order valence-corrected chi connectivity index (χ0v) is 9.86. The summed E-state index contributed by atoms with van der Waals surface area (Å²) in [7, 11) is 1.26. The Balaban J connectivity index is 2.45. The minimum Gasteiger partial charge on any atom is -0.379 e. The van der Waals surface area contributed by atoms with Crippen LogP contribution in [0.3, 0.4) is 0 Å². The zero-order valence-electron chi connectivity index (χ0n) is 9.86. The first kappa shape index (κ1) is 13.5. The number of hydrogen-bond donors (Lipinski definition) is 1. The van der Waals surface area contributed by atoms with Crippen LogP contribution in [-0.4, -0.2) is 35.0 Å². The molecule has 0 bridgehead atoms. The average Bonchev–Trinajstić information content (AvgIpc) is 2.34. The molecule has 7 heteroatoms. The van der Waals surface area contributed by atoms with Gasteiger partial charge in [-0.3, -0.25) is 14.5 Å². The van der Waals surface area contributed by atoms with Gasteiger partial charge in [-0.1, -0.05) is 12.1 Å². The van der Waals surface area contributed by atoms with Crippen LogP contribution in [0.4, 0.5) is 13.2 Å². The fraction of sp³-hybridized carbons (Fsp3) is 0.333. The maximum atomic E-state index is 12.4. The Morgan fingerprint density at radius 3 is 2.53 bits per heavy atom. The van der Waals surface area contributed by atoms with E-state index in [1.165, 1.54) is 13.1 Å².